The van der Waals surface area contributed by atoms with Crippen LogP contribution in [0.15, 0.2) is 33.8 Å². The van der Waals surface area contributed by atoms with Crippen molar-refractivity contribution in [3.8, 4) is 0 Å². The second-order valence-corrected chi connectivity index (χ2v) is 6.80. The van der Waals surface area contributed by atoms with Crippen LogP contribution in [-0.2, 0) is 32.5 Å². The summed E-state index contributed by atoms with van der Waals surface area (Å²) in [6.45, 7) is 13.1. The van der Waals surface area contributed by atoms with Crippen molar-refractivity contribution in [3.05, 3.63) is 52.4 Å². The lowest BCUT2D eigenvalue weighted by atomic mass is 10.1. The molecule has 0 atom stereocenters. The molecule has 0 unspecified atom stereocenters. The third-order valence-corrected chi connectivity index (χ3v) is 5.02. The molecule has 1 aromatic carbocycles. The maximum Gasteiger partial charge on any atom is 0.191 e. The molecule has 162 valence electrons. The molecule has 7 heteroatoms. The van der Waals surface area contributed by atoms with Gasteiger partial charge in [0, 0.05) is 38.7 Å². The van der Waals surface area contributed by atoms with Crippen LogP contribution < -0.4 is 10.6 Å². The molecule has 0 amide bonds. The Balaban J connectivity index is 0.00000420. The highest BCUT2D eigenvalue weighted by Crippen LogP contribution is 2.15. The van der Waals surface area contributed by atoms with Crippen molar-refractivity contribution in [2.24, 2.45) is 4.99 Å². The molecular formula is C22H36IN5O. The lowest BCUT2D eigenvalue weighted by molar-refractivity contribution is 0.296. The monoisotopic (exact) mass is 513 g/mol. The van der Waals surface area contributed by atoms with Gasteiger partial charge in [-0.05, 0) is 30.6 Å². The smallest absolute Gasteiger partial charge is 0.191 e. The Bertz CT molecular complexity index is 734. The molecule has 0 aliphatic carbocycles. The molecule has 1 heterocycles. The Morgan fingerprint density at radius 1 is 1.03 bits per heavy atom. The molecule has 2 N–H and O–H groups in total. The SMILES string of the molecule is CCc1noc(CC)c1CNC(=NC)NCc1cccc(CN(CC)CC)c1.I. The predicted octanol–water partition coefficient (Wildman–Crippen LogP) is 4.12. The zero-order chi connectivity index (χ0) is 20.4. The zero-order valence-electron chi connectivity index (χ0n) is 18.4. The van der Waals surface area contributed by atoms with Crippen molar-refractivity contribution in [1.29, 1.82) is 0 Å². The molecule has 1 aromatic heterocycles. The van der Waals surface area contributed by atoms with Crippen molar-refractivity contribution < 1.29 is 4.52 Å². The molecule has 0 fully saturated rings. The number of halogens is 1. The highest BCUT2D eigenvalue weighted by Gasteiger charge is 2.13. The van der Waals surface area contributed by atoms with E-state index in [-0.39, 0.29) is 24.0 Å². The molecule has 0 radical (unpaired) electrons. The van der Waals surface area contributed by atoms with E-state index in [1.165, 1.54) is 11.1 Å². The number of hydrogen-bond acceptors (Lipinski definition) is 4. The summed E-state index contributed by atoms with van der Waals surface area (Å²) in [5.41, 5.74) is 4.76. The van der Waals surface area contributed by atoms with E-state index in [4.69, 9.17) is 4.52 Å². The van der Waals surface area contributed by atoms with E-state index < -0.39 is 0 Å². The number of guanidine groups is 1. The minimum atomic E-state index is 0. The molecule has 2 rings (SSSR count). The van der Waals surface area contributed by atoms with Crippen LogP contribution in [0, 0.1) is 0 Å². The summed E-state index contributed by atoms with van der Waals surface area (Å²) < 4.78 is 5.44. The van der Waals surface area contributed by atoms with Gasteiger partial charge in [-0.2, -0.15) is 0 Å². The second kappa shape index (κ2) is 13.6. The van der Waals surface area contributed by atoms with Crippen LogP contribution in [0.5, 0.6) is 0 Å². The number of benzene rings is 1. The molecule has 0 bridgehead atoms. The summed E-state index contributed by atoms with van der Waals surface area (Å²) in [6, 6.07) is 8.74. The van der Waals surface area contributed by atoms with E-state index in [1.54, 1.807) is 7.05 Å². The maximum absolute atomic E-state index is 5.44. The van der Waals surface area contributed by atoms with E-state index in [0.717, 1.165) is 62.0 Å². The number of nitrogens with one attached hydrogen (secondary N) is 2. The van der Waals surface area contributed by atoms with E-state index in [9.17, 15) is 0 Å². The topological polar surface area (TPSA) is 65.7 Å². The number of aromatic nitrogens is 1. The minimum absolute atomic E-state index is 0. The number of aryl methyl sites for hydroxylation is 2. The van der Waals surface area contributed by atoms with Crippen LogP contribution in [0.2, 0.25) is 0 Å². The van der Waals surface area contributed by atoms with E-state index in [2.05, 4.69) is 77.6 Å². The molecule has 0 aliphatic rings. The molecular weight excluding hydrogens is 477 g/mol. The molecule has 0 aliphatic heterocycles. The van der Waals surface area contributed by atoms with Crippen molar-refractivity contribution >= 4 is 29.9 Å². The first-order chi connectivity index (χ1) is 13.6. The molecule has 29 heavy (non-hydrogen) atoms. The van der Waals surface area contributed by atoms with Gasteiger partial charge in [-0.1, -0.05) is 57.1 Å². The average molecular weight is 513 g/mol. The quantitative estimate of drug-likeness (QED) is 0.284. The fourth-order valence-electron chi connectivity index (χ4n) is 3.26. The van der Waals surface area contributed by atoms with Crippen molar-refractivity contribution in [1.82, 2.24) is 20.7 Å². The van der Waals surface area contributed by atoms with Crippen LogP contribution in [0.25, 0.3) is 0 Å². The first-order valence-electron chi connectivity index (χ1n) is 10.4. The predicted molar refractivity (Wildman–Crippen MR) is 131 cm³/mol. The largest absolute Gasteiger partial charge is 0.361 e. The van der Waals surface area contributed by atoms with Crippen molar-refractivity contribution in [2.45, 2.75) is 60.2 Å². The summed E-state index contributed by atoms with van der Waals surface area (Å²) in [5.74, 6) is 1.73. The molecule has 0 spiro atoms. The Morgan fingerprint density at radius 3 is 2.34 bits per heavy atom. The van der Waals surface area contributed by atoms with E-state index >= 15 is 0 Å². The van der Waals surface area contributed by atoms with Crippen LogP contribution in [0.4, 0.5) is 0 Å². The van der Waals surface area contributed by atoms with Crippen molar-refractivity contribution in [2.75, 3.05) is 20.1 Å². The lowest BCUT2D eigenvalue weighted by Crippen LogP contribution is -2.36. The zero-order valence-corrected chi connectivity index (χ0v) is 20.7. The molecule has 2 aromatic rings. The Kier molecular flexibility index (Phi) is 11.9. The van der Waals surface area contributed by atoms with Crippen molar-refractivity contribution in [3.63, 3.8) is 0 Å². The Labute approximate surface area is 192 Å². The summed E-state index contributed by atoms with van der Waals surface area (Å²) >= 11 is 0. The Hall–Kier alpha value is -1.61. The molecule has 6 nitrogen and oxygen atoms in total. The van der Waals surface area contributed by atoms with Gasteiger partial charge < -0.3 is 15.2 Å². The van der Waals surface area contributed by atoms with Gasteiger partial charge in [0.05, 0.1) is 5.69 Å². The van der Waals surface area contributed by atoms with Gasteiger partial charge in [0.15, 0.2) is 5.96 Å². The van der Waals surface area contributed by atoms with Crippen LogP contribution >= 0.6 is 24.0 Å². The van der Waals surface area contributed by atoms with Gasteiger partial charge in [0.2, 0.25) is 0 Å². The maximum atomic E-state index is 5.44. The van der Waals surface area contributed by atoms with Crippen LogP contribution in [0.3, 0.4) is 0 Å². The number of hydrogen-bond donors (Lipinski definition) is 2. The van der Waals surface area contributed by atoms with E-state index in [0.29, 0.717) is 6.54 Å². The normalized spacial score (nSPS) is 11.4. The first kappa shape index (κ1) is 25.4. The van der Waals surface area contributed by atoms with Crippen LogP contribution in [-0.4, -0.2) is 36.2 Å². The van der Waals surface area contributed by atoms with Crippen LogP contribution in [0.1, 0.15) is 55.8 Å². The van der Waals surface area contributed by atoms with Gasteiger partial charge >= 0.3 is 0 Å². The molecule has 0 saturated carbocycles. The third kappa shape index (κ3) is 7.62. The van der Waals surface area contributed by atoms with Gasteiger partial charge in [-0.15, -0.1) is 24.0 Å². The number of aliphatic imine (C=N–C) groups is 1. The fraction of sp³-hybridized carbons (Fsp3) is 0.545. The van der Waals surface area contributed by atoms with Gasteiger partial charge in [-0.3, -0.25) is 9.89 Å². The average Bonchev–Trinajstić information content (AvgIpc) is 3.14. The van der Waals surface area contributed by atoms with Gasteiger partial charge in [0.1, 0.15) is 5.76 Å². The Morgan fingerprint density at radius 2 is 1.72 bits per heavy atom. The fourth-order valence-corrected chi connectivity index (χ4v) is 3.26. The van der Waals surface area contributed by atoms with Gasteiger partial charge in [-0.25, -0.2) is 0 Å². The summed E-state index contributed by atoms with van der Waals surface area (Å²) in [5, 5.41) is 11.0. The highest BCUT2D eigenvalue weighted by molar-refractivity contribution is 14.0. The highest BCUT2D eigenvalue weighted by atomic mass is 127. The van der Waals surface area contributed by atoms with Gasteiger partial charge in [0.25, 0.3) is 0 Å². The first-order valence-corrected chi connectivity index (χ1v) is 10.4. The summed E-state index contributed by atoms with van der Waals surface area (Å²) in [6.07, 6.45) is 1.71. The lowest BCUT2D eigenvalue weighted by Gasteiger charge is -2.18. The second-order valence-electron chi connectivity index (χ2n) is 6.80. The number of nitrogens with zero attached hydrogens (tertiary/aromatic N) is 3. The third-order valence-electron chi connectivity index (χ3n) is 5.02. The number of rotatable bonds is 10. The minimum Gasteiger partial charge on any atom is -0.361 e. The molecule has 0 saturated heterocycles. The van der Waals surface area contributed by atoms with E-state index in [1.807, 2.05) is 0 Å². The summed E-state index contributed by atoms with van der Waals surface area (Å²) in [4.78, 5) is 6.77. The standard InChI is InChI=1S/C22H35N5O.HI/c1-6-20-19(21(7-2)28-26-20)15-25-22(23-5)24-14-17-11-10-12-18(13-17)16-27(8-3)9-4;/h10-13H,6-9,14-16H2,1-5H3,(H2,23,24,25);1H. The summed E-state index contributed by atoms with van der Waals surface area (Å²) in [7, 11) is 1.79.